The van der Waals surface area contributed by atoms with E-state index >= 15 is 0 Å². The predicted octanol–water partition coefficient (Wildman–Crippen LogP) is 8.52. The molecule has 0 aliphatic carbocycles. The van der Waals surface area contributed by atoms with Crippen molar-refractivity contribution in [1.29, 1.82) is 0 Å². The maximum absolute atomic E-state index is 12.9. The van der Waals surface area contributed by atoms with E-state index in [-0.39, 0.29) is 53.7 Å². The minimum absolute atomic E-state index is 0. The first kappa shape index (κ1) is 43.8. The highest BCUT2D eigenvalue weighted by Gasteiger charge is 2.31. The zero-order valence-electron chi connectivity index (χ0n) is 29.5. The van der Waals surface area contributed by atoms with Gasteiger partial charge < -0.3 is 20.5 Å². The van der Waals surface area contributed by atoms with E-state index in [1.807, 2.05) is 47.8 Å². The van der Waals surface area contributed by atoms with E-state index in [1.54, 1.807) is 24.3 Å². The standard InChI is InChI=1S/C38H35ClF3N7O4S.2ClH/c39-32-19-28(38(40,41)42)8-12-33(32)46-37(52)45-29-9-6-26(7-10-29)36-44-30(24-54-36)21-48-14-16-49(17-15-48)22-35(51)47-43-20-27-18-31(11-13-34(27)50)53-23-25-4-2-1-3-5-25;;/h1-13,18-20,24,50H,14-17,21-23H2,(H,47,51)(H2,45,46,52);2*1H/b43-20+;;. The van der Waals surface area contributed by atoms with Crippen LogP contribution in [0.25, 0.3) is 10.6 Å². The van der Waals surface area contributed by atoms with Crippen LogP contribution < -0.4 is 20.8 Å². The highest BCUT2D eigenvalue weighted by Crippen LogP contribution is 2.34. The number of hydrazone groups is 1. The van der Waals surface area contributed by atoms with Crippen molar-refractivity contribution in [1.82, 2.24) is 20.2 Å². The fraction of sp³-hybridized carbons (Fsp3) is 0.211. The summed E-state index contributed by atoms with van der Waals surface area (Å²) in [5, 5.41) is 21.9. The van der Waals surface area contributed by atoms with Crippen molar-refractivity contribution in [2.24, 2.45) is 5.10 Å². The molecule has 296 valence electrons. The Kier molecular flexibility index (Phi) is 15.9. The van der Waals surface area contributed by atoms with Crippen molar-refractivity contribution in [2.45, 2.75) is 19.3 Å². The van der Waals surface area contributed by atoms with Crippen LogP contribution in [0.4, 0.5) is 29.3 Å². The molecule has 4 aromatic carbocycles. The van der Waals surface area contributed by atoms with Gasteiger partial charge in [-0.25, -0.2) is 15.2 Å². The van der Waals surface area contributed by atoms with Gasteiger partial charge in [0.15, 0.2) is 0 Å². The lowest BCUT2D eigenvalue weighted by Crippen LogP contribution is -2.48. The van der Waals surface area contributed by atoms with Crippen LogP contribution in [0.15, 0.2) is 101 Å². The molecule has 4 N–H and O–H groups in total. The number of halogens is 6. The summed E-state index contributed by atoms with van der Waals surface area (Å²) in [5.74, 6) is 0.328. The van der Waals surface area contributed by atoms with Gasteiger partial charge in [0.1, 0.15) is 23.1 Å². The van der Waals surface area contributed by atoms with Crippen LogP contribution in [0.3, 0.4) is 0 Å². The normalized spacial score (nSPS) is 13.4. The summed E-state index contributed by atoms with van der Waals surface area (Å²) >= 11 is 7.44. The summed E-state index contributed by atoms with van der Waals surface area (Å²) in [6, 6.07) is 23.7. The summed E-state index contributed by atoms with van der Waals surface area (Å²) in [6.07, 6.45) is -3.15. The molecule has 0 radical (unpaired) electrons. The number of hydrogen-bond donors (Lipinski definition) is 4. The number of phenols is 1. The second-order valence-electron chi connectivity index (χ2n) is 12.3. The Morgan fingerprint density at radius 2 is 1.64 bits per heavy atom. The van der Waals surface area contributed by atoms with Gasteiger partial charge in [-0.15, -0.1) is 36.2 Å². The molecule has 0 saturated carbocycles. The van der Waals surface area contributed by atoms with Crippen LogP contribution in [0, 0.1) is 0 Å². The van der Waals surface area contributed by atoms with Gasteiger partial charge in [-0.3, -0.25) is 14.6 Å². The fourth-order valence-corrected chi connectivity index (χ4v) is 6.54. The number of ether oxygens (including phenoxy) is 1. The molecule has 0 atom stereocenters. The fourth-order valence-electron chi connectivity index (χ4n) is 5.50. The lowest BCUT2D eigenvalue weighted by Gasteiger charge is -2.33. The summed E-state index contributed by atoms with van der Waals surface area (Å²) in [7, 11) is 0. The molecule has 56 heavy (non-hydrogen) atoms. The Morgan fingerprint density at radius 1 is 0.929 bits per heavy atom. The minimum atomic E-state index is -4.54. The number of carbonyl (C=O) groups is 2. The lowest BCUT2D eigenvalue weighted by molar-refractivity contribution is -0.137. The largest absolute Gasteiger partial charge is 0.507 e. The van der Waals surface area contributed by atoms with E-state index in [0.29, 0.717) is 43.2 Å². The summed E-state index contributed by atoms with van der Waals surface area (Å²) < 4.78 is 44.5. The monoisotopic (exact) mass is 849 g/mol. The SMILES string of the molecule is Cl.Cl.O=C(CN1CCN(Cc2csc(-c3ccc(NC(=O)Nc4ccc(C(F)(F)F)cc4Cl)cc3)n2)CC1)N/N=C/c1cc(OCc2ccccc2)ccc1O. The molecule has 3 amide bonds. The Hall–Kier alpha value is -4.90. The first-order valence-electron chi connectivity index (χ1n) is 16.7. The van der Waals surface area contributed by atoms with Gasteiger partial charge >= 0.3 is 12.2 Å². The molecule has 1 fully saturated rings. The van der Waals surface area contributed by atoms with Crippen LogP contribution in [0.2, 0.25) is 5.02 Å². The van der Waals surface area contributed by atoms with Gasteiger partial charge in [0.25, 0.3) is 5.91 Å². The van der Waals surface area contributed by atoms with Crippen LogP contribution in [-0.4, -0.2) is 70.8 Å². The number of carbonyl (C=O) groups excluding carboxylic acids is 2. The third kappa shape index (κ3) is 12.6. The zero-order valence-corrected chi connectivity index (χ0v) is 32.7. The second-order valence-corrected chi connectivity index (χ2v) is 13.6. The number of urea groups is 1. The van der Waals surface area contributed by atoms with Crippen molar-refractivity contribution in [3.63, 3.8) is 0 Å². The van der Waals surface area contributed by atoms with Gasteiger partial charge in [0, 0.05) is 54.9 Å². The number of nitrogens with zero attached hydrogens (tertiary/aromatic N) is 4. The molecule has 6 rings (SSSR count). The quantitative estimate of drug-likeness (QED) is 0.0732. The molecule has 0 spiro atoms. The minimum Gasteiger partial charge on any atom is -0.507 e. The number of anilines is 2. The summed E-state index contributed by atoms with van der Waals surface area (Å²) in [5.41, 5.74) is 5.37. The number of aromatic nitrogens is 1. The van der Waals surface area contributed by atoms with Crippen LogP contribution in [0.1, 0.15) is 22.4 Å². The van der Waals surface area contributed by atoms with Gasteiger partial charge in [-0.05, 0) is 66.2 Å². The molecule has 18 heteroatoms. The van der Waals surface area contributed by atoms with Crippen molar-refractivity contribution in [3.8, 4) is 22.1 Å². The first-order valence-corrected chi connectivity index (χ1v) is 18.0. The van der Waals surface area contributed by atoms with Gasteiger partial charge in [0.05, 0.1) is 34.7 Å². The van der Waals surface area contributed by atoms with Crippen LogP contribution >= 0.6 is 47.8 Å². The van der Waals surface area contributed by atoms with E-state index in [9.17, 15) is 27.9 Å². The number of amides is 3. The Bertz CT molecular complexity index is 2100. The van der Waals surface area contributed by atoms with E-state index in [4.69, 9.17) is 21.3 Å². The van der Waals surface area contributed by atoms with Crippen molar-refractivity contribution < 1.29 is 32.6 Å². The third-order valence-electron chi connectivity index (χ3n) is 8.34. The molecule has 0 unspecified atom stereocenters. The van der Waals surface area contributed by atoms with E-state index in [0.717, 1.165) is 53.1 Å². The maximum Gasteiger partial charge on any atom is 0.416 e. The van der Waals surface area contributed by atoms with E-state index in [2.05, 4.69) is 31.0 Å². The number of aromatic hydroxyl groups is 1. The average Bonchev–Trinajstić information content (AvgIpc) is 3.62. The van der Waals surface area contributed by atoms with Crippen molar-refractivity contribution >= 4 is 77.3 Å². The molecule has 1 aliphatic rings. The number of nitrogens with one attached hydrogen (secondary N) is 3. The third-order valence-corrected chi connectivity index (χ3v) is 9.60. The summed E-state index contributed by atoms with van der Waals surface area (Å²) in [6.45, 7) is 4.14. The second kappa shape index (κ2) is 20.3. The highest BCUT2D eigenvalue weighted by atomic mass is 35.5. The number of thiazole rings is 1. The molecule has 2 heterocycles. The van der Waals surface area contributed by atoms with Crippen LogP contribution in [0.5, 0.6) is 11.5 Å². The lowest BCUT2D eigenvalue weighted by atomic mass is 10.2. The number of benzene rings is 4. The number of piperazine rings is 1. The molecule has 1 aromatic heterocycles. The van der Waals surface area contributed by atoms with Gasteiger partial charge in [0.2, 0.25) is 0 Å². The Balaban J connectivity index is 0.00000348. The number of rotatable bonds is 12. The molecule has 0 bridgehead atoms. The number of phenolic OH excluding ortho intramolecular Hbond substituents is 1. The molecule has 11 nitrogen and oxygen atoms in total. The Labute approximate surface area is 342 Å². The molecule has 1 aliphatic heterocycles. The number of alkyl halides is 3. The van der Waals surface area contributed by atoms with Gasteiger partial charge in [-0.1, -0.05) is 41.9 Å². The highest BCUT2D eigenvalue weighted by molar-refractivity contribution is 7.13. The molecule has 5 aromatic rings. The Morgan fingerprint density at radius 3 is 2.34 bits per heavy atom. The van der Waals surface area contributed by atoms with Crippen molar-refractivity contribution in [3.05, 3.63) is 124 Å². The smallest absolute Gasteiger partial charge is 0.416 e. The zero-order chi connectivity index (χ0) is 38.1. The summed E-state index contributed by atoms with van der Waals surface area (Å²) in [4.78, 5) is 34.1. The first-order chi connectivity index (χ1) is 26.0. The van der Waals surface area contributed by atoms with Crippen molar-refractivity contribution in [2.75, 3.05) is 43.4 Å². The van der Waals surface area contributed by atoms with E-state index < -0.39 is 17.8 Å². The average molecular weight is 851 g/mol. The molecule has 1 saturated heterocycles. The topological polar surface area (TPSA) is 131 Å². The van der Waals surface area contributed by atoms with Gasteiger partial charge in [-0.2, -0.15) is 18.3 Å². The maximum atomic E-state index is 12.9. The predicted molar refractivity (Wildman–Crippen MR) is 217 cm³/mol. The number of hydrogen-bond acceptors (Lipinski definition) is 9. The van der Waals surface area contributed by atoms with E-state index in [1.165, 1.54) is 23.6 Å². The molecular formula is C38H37Cl3F3N7O4S. The molecular weight excluding hydrogens is 814 g/mol. The van der Waals surface area contributed by atoms with Crippen LogP contribution in [-0.2, 0) is 24.1 Å².